The van der Waals surface area contributed by atoms with Gasteiger partial charge < -0.3 is 4.42 Å². The molecule has 0 aliphatic heterocycles. The summed E-state index contributed by atoms with van der Waals surface area (Å²) in [5.74, 6) is 1.85. The SMILES string of the molecule is c1ccc(-c2ccc(-c3nc(-c4ccc5c(c4)oc4ccccc45)nc(-c4ccc5c(c4)sc4c(-c6ccccc6)cccc45)n3)cc2)cc1. The fourth-order valence-corrected chi connectivity index (χ4v) is 8.13. The van der Waals surface area contributed by atoms with Gasteiger partial charge in [0.2, 0.25) is 0 Å². The van der Waals surface area contributed by atoms with Crippen LogP contribution < -0.4 is 0 Å². The van der Waals surface area contributed by atoms with Gasteiger partial charge in [0.25, 0.3) is 0 Å². The number of fused-ring (bicyclic) bond motifs is 6. The van der Waals surface area contributed by atoms with Crippen molar-refractivity contribution < 1.29 is 4.42 Å². The molecule has 0 bridgehead atoms. The number of thiophene rings is 1. The second-order valence-electron chi connectivity index (χ2n) is 12.4. The number of hydrogen-bond acceptors (Lipinski definition) is 5. The maximum atomic E-state index is 6.25. The normalized spacial score (nSPS) is 11.6. The lowest BCUT2D eigenvalue weighted by atomic mass is 10.0. The van der Waals surface area contributed by atoms with Crippen molar-refractivity contribution in [1.82, 2.24) is 15.0 Å². The smallest absolute Gasteiger partial charge is 0.164 e. The summed E-state index contributed by atoms with van der Waals surface area (Å²) in [5, 5.41) is 4.65. The van der Waals surface area contributed by atoms with E-state index >= 15 is 0 Å². The summed E-state index contributed by atoms with van der Waals surface area (Å²) < 4.78 is 8.72. The van der Waals surface area contributed by atoms with E-state index in [1.807, 2.05) is 41.7 Å². The van der Waals surface area contributed by atoms with Crippen LogP contribution in [0, 0.1) is 0 Å². The highest BCUT2D eigenvalue weighted by Crippen LogP contribution is 2.41. The third kappa shape index (κ3) is 4.87. The molecule has 10 rings (SSSR count). The highest BCUT2D eigenvalue weighted by atomic mass is 32.1. The van der Waals surface area contributed by atoms with Crippen LogP contribution in [-0.2, 0) is 0 Å². The van der Waals surface area contributed by atoms with Gasteiger partial charge in [-0.15, -0.1) is 11.3 Å². The van der Waals surface area contributed by atoms with Crippen molar-refractivity contribution in [3.8, 4) is 56.4 Å². The molecule has 5 heteroatoms. The molecule has 0 fully saturated rings. The summed E-state index contributed by atoms with van der Waals surface area (Å²) in [6.07, 6.45) is 0. The van der Waals surface area contributed by atoms with Gasteiger partial charge in [-0.1, -0.05) is 140 Å². The Morgan fingerprint density at radius 1 is 0.360 bits per heavy atom. The van der Waals surface area contributed by atoms with Gasteiger partial charge in [0.1, 0.15) is 11.2 Å². The summed E-state index contributed by atoms with van der Waals surface area (Å²) in [5.41, 5.74) is 9.19. The zero-order valence-electron chi connectivity index (χ0n) is 26.7. The molecule has 4 nitrogen and oxygen atoms in total. The second-order valence-corrected chi connectivity index (χ2v) is 13.5. The molecule has 0 N–H and O–H groups in total. The van der Waals surface area contributed by atoms with Crippen molar-refractivity contribution in [3.63, 3.8) is 0 Å². The molecular weight excluding hydrogens is 631 g/mol. The van der Waals surface area contributed by atoms with Crippen LogP contribution in [0.15, 0.2) is 168 Å². The van der Waals surface area contributed by atoms with Crippen LogP contribution in [0.5, 0.6) is 0 Å². The Balaban J connectivity index is 1.13. The minimum atomic E-state index is 0.599. The van der Waals surface area contributed by atoms with Crippen molar-refractivity contribution in [2.75, 3.05) is 0 Å². The number of aromatic nitrogens is 3. The first-order valence-electron chi connectivity index (χ1n) is 16.6. The fourth-order valence-electron chi connectivity index (χ4n) is 6.85. The molecule has 3 heterocycles. The average molecular weight is 658 g/mol. The first-order chi connectivity index (χ1) is 24.7. The van der Waals surface area contributed by atoms with E-state index in [2.05, 4.69) is 133 Å². The number of hydrogen-bond donors (Lipinski definition) is 0. The summed E-state index contributed by atoms with van der Waals surface area (Å²) >= 11 is 1.81. The van der Waals surface area contributed by atoms with E-state index in [1.54, 1.807) is 0 Å². The van der Waals surface area contributed by atoms with Crippen molar-refractivity contribution in [2.45, 2.75) is 0 Å². The van der Waals surface area contributed by atoms with E-state index in [9.17, 15) is 0 Å². The average Bonchev–Trinajstić information content (AvgIpc) is 3.76. The minimum absolute atomic E-state index is 0.599. The summed E-state index contributed by atoms with van der Waals surface area (Å²) in [6, 6.07) is 56.9. The Hall–Kier alpha value is -6.43. The molecular formula is C45H27N3OS. The zero-order chi connectivity index (χ0) is 33.0. The molecule has 0 saturated carbocycles. The van der Waals surface area contributed by atoms with Gasteiger partial charge in [-0.05, 0) is 46.5 Å². The van der Waals surface area contributed by atoms with Crippen LogP contribution in [0.25, 0.3) is 98.5 Å². The molecule has 0 radical (unpaired) electrons. The van der Waals surface area contributed by atoms with Gasteiger partial charge >= 0.3 is 0 Å². The number of benzene rings is 7. The molecule has 0 aliphatic carbocycles. The van der Waals surface area contributed by atoms with Gasteiger partial charge in [-0.3, -0.25) is 0 Å². The molecule has 0 atom stereocenters. The molecule has 7 aromatic carbocycles. The Bertz CT molecular complexity index is 2860. The number of nitrogens with zero attached hydrogens (tertiary/aromatic N) is 3. The number of rotatable bonds is 5. The maximum absolute atomic E-state index is 6.25. The molecule has 0 unspecified atom stereocenters. The summed E-state index contributed by atoms with van der Waals surface area (Å²) in [7, 11) is 0. The predicted molar refractivity (Wildman–Crippen MR) is 207 cm³/mol. The van der Waals surface area contributed by atoms with E-state index in [0.29, 0.717) is 17.5 Å². The number of furan rings is 1. The van der Waals surface area contributed by atoms with E-state index in [0.717, 1.165) is 44.2 Å². The monoisotopic (exact) mass is 657 g/mol. The van der Waals surface area contributed by atoms with Crippen molar-refractivity contribution >= 4 is 53.4 Å². The topological polar surface area (TPSA) is 51.8 Å². The van der Waals surface area contributed by atoms with Gasteiger partial charge in [-0.2, -0.15) is 0 Å². The molecule has 3 aromatic heterocycles. The second kappa shape index (κ2) is 11.6. The summed E-state index contributed by atoms with van der Waals surface area (Å²) in [6.45, 7) is 0. The van der Waals surface area contributed by atoms with Crippen LogP contribution in [-0.4, -0.2) is 15.0 Å². The molecule has 50 heavy (non-hydrogen) atoms. The Morgan fingerprint density at radius 3 is 1.66 bits per heavy atom. The van der Waals surface area contributed by atoms with Crippen molar-refractivity contribution in [3.05, 3.63) is 164 Å². The molecule has 0 amide bonds. The van der Waals surface area contributed by atoms with Gasteiger partial charge in [0.05, 0.1) is 0 Å². The first-order valence-corrected chi connectivity index (χ1v) is 17.4. The Kier molecular flexibility index (Phi) is 6.64. The largest absolute Gasteiger partial charge is 0.456 e. The minimum Gasteiger partial charge on any atom is -0.456 e. The highest BCUT2D eigenvalue weighted by molar-refractivity contribution is 7.26. The van der Waals surface area contributed by atoms with E-state index < -0.39 is 0 Å². The van der Waals surface area contributed by atoms with E-state index in [1.165, 1.54) is 36.9 Å². The first kappa shape index (κ1) is 28.6. The van der Waals surface area contributed by atoms with Gasteiger partial charge in [-0.25, -0.2) is 15.0 Å². The lowest BCUT2D eigenvalue weighted by Gasteiger charge is -2.09. The van der Waals surface area contributed by atoms with Crippen LogP contribution in [0.2, 0.25) is 0 Å². The third-order valence-electron chi connectivity index (χ3n) is 9.36. The lowest BCUT2D eigenvalue weighted by molar-refractivity contribution is 0.669. The Labute approximate surface area is 292 Å². The molecule has 234 valence electrons. The van der Waals surface area contributed by atoms with Gasteiger partial charge in [0, 0.05) is 47.6 Å². The van der Waals surface area contributed by atoms with Crippen molar-refractivity contribution in [1.29, 1.82) is 0 Å². The van der Waals surface area contributed by atoms with Gasteiger partial charge in [0.15, 0.2) is 17.5 Å². The lowest BCUT2D eigenvalue weighted by Crippen LogP contribution is -2.00. The maximum Gasteiger partial charge on any atom is 0.164 e. The highest BCUT2D eigenvalue weighted by Gasteiger charge is 2.17. The molecule has 10 aromatic rings. The van der Waals surface area contributed by atoms with Crippen LogP contribution in [0.1, 0.15) is 0 Å². The Morgan fingerprint density at radius 2 is 0.900 bits per heavy atom. The molecule has 0 saturated heterocycles. The molecule has 0 aliphatic rings. The quantitative estimate of drug-likeness (QED) is 0.185. The van der Waals surface area contributed by atoms with E-state index in [-0.39, 0.29) is 0 Å². The fraction of sp³-hybridized carbons (Fsp3) is 0. The van der Waals surface area contributed by atoms with Crippen LogP contribution in [0.4, 0.5) is 0 Å². The van der Waals surface area contributed by atoms with Crippen molar-refractivity contribution in [2.24, 2.45) is 0 Å². The third-order valence-corrected chi connectivity index (χ3v) is 10.6. The van der Waals surface area contributed by atoms with Crippen LogP contribution >= 0.6 is 11.3 Å². The summed E-state index contributed by atoms with van der Waals surface area (Å²) in [4.78, 5) is 15.2. The van der Waals surface area contributed by atoms with E-state index in [4.69, 9.17) is 19.4 Å². The molecule has 0 spiro atoms. The van der Waals surface area contributed by atoms with Crippen LogP contribution in [0.3, 0.4) is 0 Å². The standard InChI is InChI=1S/C45H27N3OS/c1-3-10-28(11-4-1)29-18-20-31(21-19-29)43-46-44(32-22-24-36-35-14-7-8-17-39(35)49-40(36)26-32)48-45(47-43)33-23-25-37-38-16-9-15-34(30-12-5-2-6-13-30)42(38)50-41(37)27-33/h1-27H. The number of para-hydroxylation sites is 1. The predicted octanol–water partition coefficient (Wildman–Crippen LogP) is 12.5. The zero-order valence-corrected chi connectivity index (χ0v) is 27.6.